The maximum atomic E-state index is 11.9. The summed E-state index contributed by atoms with van der Waals surface area (Å²) in [6.45, 7) is 4.55. The predicted molar refractivity (Wildman–Crippen MR) is 84.1 cm³/mol. The number of fused-ring (bicyclic) bond motifs is 5. The lowest BCUT2D eigenvalue weighted by Crippen LogP contribution is -2.59. The van der Waals surface area contributed by atoms with Crippen LogP contribution in [0, 0.1) is 34.5 Å². The van der Waals surface area contributed by atoms with Crippen molar-refractivity contribution >= 4 is 5.78 Å². The largest absolute Gasteiger partial charge is 0.393 e. The van der Waals surface area contributed by atoms with Crippen LogP contribution < -0.4 is 0 Å². The zero-order valence-electron chi connectivity index (χ0n) is 13.9. The van der Waals surface area contributed by atoms with E-state index in [1.54, 1.807) is 0 Å². The van der Waals surface area contributed by atoms with Crippen LogP contribution in [-0.4, -0.2) is 28.2 Å². The normalized spacial score (nSPS) is 57.9. The van der Waals surface area contributed by atoms with Gasteiger partial charge in [-0.15, -0.1) is 0 Å². The van der Waals surface area contributed by atoms with Gasteiger partial charge in [0, 0.05) is 12.8 Å². The molecule has 22 heavy (non-hydrogen) atoms. The van der Waals surface area contributed by atoms with Gasteiger partial charge in [-0.1, -0.05) is 13.8 Å². The highest BCUT2D eigenvalue weighted by molar-refractivity contribution is 5.79. The molecule has 0 unspecified atom stereocenters. The van der Waals surface area contributed by atoms with Gasteiger partial charge in [-0.05, 0) is 73.0 Å². The van der Waals surface area contributed by atoms with Gasteiger partial charge in [-0.25, -0.2) is 0 Å². The summed E-state index contributed by atoms with van der Waals surface area (Å²) in [4.78, 5) is 11.9. The Morgan fingerprint density at radius 2 is 1.82 bits per heavy atom. The van der Waals surface area contributed by atoms with Crippen molar-refractivity contribution in [2.75, 3.05) is 0 Å². The molecule has 4 aliphatic carbocycles. The van der Waals surface area contributed by atoms with Crippen molar-refractivity contribution in [2.24, 2.45) is 34.5 Å². The molecule has 0 heterocycles. The number of rotatable bonds is 0. The number of hydrogen-bond donors (Lipinski definition) is 2. The molecule has 3 heteroatoms. The Balaban J connectivity index is 1.69. The zero-order chi connectivity index (χ0) is 15.7. The highest BCUT2D eigenvalue weighted by atomic mass is 16.3. The van der Waals surface area contributed by atoms with Crippen LogP contribution in [0.3, 0.4) is 0 Å². The summed E-state index contributed by atoms with van der Waals surface area (Å²) in [5.74, 6) is 2.34. The second-order valence-corrected chi connectivity index (χ2v) is 9.19. The number of carbonyl (C=O) groups is 1. The quantitative estimate of drug-likeness (QED) is 0.723. The second kappa shape index (κ2) is 4.80. The van der Waals surface area contributed by atoms with E-state index in [0.29, 0.717) is 35.9 Å². The average molecular weight is 306 g/mol. The summed E-state index contributed by atoms with van der Waals surface area (Å²) in [6.07, 6.45) is 6.88. The molecule has 0 aromatic carbocycles. The SMILES string of the molecule is C[C@]12CCC(=O)C[C@@H]1CC[C@H]1[C@H]2[C@H](O)C[C@]2(C)[C@H](O)CC[C@H]12. The number of carbonyl (C=O) groups excluding carboxylic acids is 1. The molecule has 2 N–H and O–H groups in total. The molecule has 0 saturated heterocycles. The Kier molecular flexibility index (Phi) is 3.30. The van der Waals surface area contributed by atoms with E-state index in [1.165, 1.54) is 0 Å². The first kappa shape index (κ1) is 15.1. The molecule has 4 aliphatic rings. The molecular formula is C19H30O3. The third-order valence-corrected chi connectivity index (χ3v) is 8.36. The Labute approximate surface area is 133 Å². The summed E-state index contributed by atoms with van der Waals surface area (Å²) >= 11 is 0. The Morgan fingerprint density at radius 1 is 1.05 bits per heavy atom. The van der Waals surface area contributed by atoms with E-state index in [2.05, 4.69) is 13.8 Å². The van der Waals surface area contributed by atoms with Gasteiger partial charge in [-0.3, -0.25) is 4.79 Å². The summed E-state index contributed by atoms with van der Waals surface area (Å²) in [6, 6.07) is 0. The van der Waals surface area contributed by atoms with Gasteiger partial charge >= 0.3 is 0 Å². The molecule has 4 saturated carbocycles. The van der Waals surface area contributed by atoms with Gasteiger partial charge in [0.2, 0.25) is 0 Å². The van der Waals surface area contributed by atoms with Crippen LogP contribution in [-0.2, 0) is 4.79 Å². The molecule has 4 rings (SSSR count). The minimum absolute atomic E-state index is 0.0890. The number of hydrogen-bond acceptors (Lipinski definition) is 3. The third-order valence-electron chi connectivity index (χ3n) is 8.36. The van der Waals surface area contributed by atoms with E-state index < -0.39 is 0 Å². The Hall–Kier alpha value is -0.410. The zero-order valence-corrected chi connectivity index (χ0v) is 13.9. The van der Waals surface area contributed by atoms with Crippen LogP contribution in [0.4, 0.5) is 0 Å². The van der Waals surface area contributed by atoms with Crippen molar-refractivity contribution in [3.05, 3.63) is 0 Å². The molecule has 4 fully saturated rings. The highest BCUT2D eigenvalue weighted by Crippen LogP contribution is 2.65. The lowest BCUT2D eigenvalue weighted by Gasteiger charge is -2.61. The van der Waals surface area contributed by atoms with Gasteiger partial charge in [0.1, 0.15) is 5.78 Å². The van der Waals surface area contributed by atoms with Gasteiger partial charge in [-0.2, -0.15) is 0 Å². The van der Waals surface area contributed by atoms with Crippen LogP contribution in [0.2, 0.25) is 0 Å². The van der Waals surface area contributed by atoms with E-state index in [4.69, 9.17) is 0 Å². The van der Waals surface area contributed by atoms with Crippen molar-refractivity contribution < 1.29 is 15.0 Å². The van der Waals surface area contributed by atoms with Gasteiger partial charge in [0.15, 0.2) is 0 Å². The highest BCUT2D eigenvalue weighted by Gasteiger charge is 2.62. The smallest absolute Gasteiger partial charge is 0.133 e. The van der Waals surface area contributed by atoms with Crippen LogP contribution in [0.15, 0.2) is 0 Å². The summed E-state index contributed by atoms with van der Waals surface area (Å²) in [5, 5.41) is 21.5. The predicted octanol–water partition coefficient (Wildman–Crippen LogP) is 2.93. The molecule has 0 radical (unpaired) electrons. The van der Waals surface area contributed by atoms with E-state index in [0.717, 1.165) is 44.9 Å². The van der Waals surface area contributed by atoms with Crippen LogP contribution in [0.25, 0.3) is 0 Å². The van der Waals surface area contributed by atoms with E-state index in [9.17, 15) is 15.0 Å². The first-order valence-electron chi connectivity index (χ1n) is 9.24. The van der Waals surface area contributed by atoms with Gasteiger partial charge in [0.05, 0.1) is 12.2 Å². The summed E-state index contributed by atoms with van der Waals surface area (Å²) in [7, 11) is 0. The summed E-state index contributed by atoms with van der Waals surface area (Å²) < 4.78 is 0. The minimum Gasteiger partial charge on any atom is -0.393 e. The fraction of sp³-hybridized carbons (Fsp3) is 0.947. The molecule has 0 spiro atoms. The van der Waals surface area contributed by atoms with Crippen molar-refractivity contribution in [2.45, 2.75) is 77.4 Å². The fourth-order valence-electron chi connectivity index (χ4n) is 7.14. The maximum Gasteiger partial charge on any atom is 0.133 e. The Bertz CT molecular complexity index is 489. The van der Waals surface area contributed by atoms with Crippen LogP contribution in [0.5, 0.6) is 0 Å². The lowest BCUT2D eigenvalue weighted by molar-refractivity contribution is -0.177. The van der Waals surface area contributed by atoms with Crippen molar-refractivity contribution in [1.29, 1.82) is 0 Å². The molecule has 0 bridgehead atoms. The number of aliphatic hydroxyl groups excluding tert-OH is 2. The molecule has 0 amide bonds. The maximum absolute atomic E-state index is 11.9. The average Bonchev–Trinajstić information content (AvgIpc) is 2.75. The number of Topliss-reactive ketones (excluding diaryl/α,β-unsaturated/α-hetero) is 1. The van der Waals surface area contributed by atoms with Gasteiger partial charge < -0.3 is 10.2 Å². The molecule has 0 aromatic rings. The van der Waals surface area contributed by atoms with E-state index >= 15 is 0 Å². The minimum atomic E-state index is -0.306. The molecule has 3 nitrogen and oxygen atoms in total. The Morgan fingerprint density at radius 3 is 2.59 bits per heavy atom. The van der Waals surface area contributed by atoms with Crippen molar-refractivity contribution in [3.63, 3.8) is 0 Å². The molecule has 0 aromatic heterocycles. The third kappa shape index (κ3) is 1.84. The first-order valence-corrected chi connectivity index (χ1v) is 9.24. The lowest BCUT2D eigenvalue weighted by atomic mass is 9.44. The van der Waals surface area contributed by atoms with Crippen molar-refractivity contribution in [1.82, 2.24) is 0 Å². The topological polar surface area (TPSA) is 57.5 Å². The van der Waals surface area contributed by atoms with Crippen molar-refractivity contribution in [3.8, 4) is 0 Å². The van der Waals surface area contributed by atoms with Crippen LogP contribution >= 0.6 is 0 Å². The molecule has 124 valence electrons. The van der Waals surface area contributed by atoms with E-state index in [1.807, 2.05) is 0 Å². The fourth-order valence-corrected chi connectivity index (χ4v) is 7.14. The molecule has 8 atom stereocenters. The number of aliphatic hydroxyl groups is 2. The first-order chi connectivity index (χ1) is 10.4. The summed E-state index contributed by atoms with van der Waals surface area (Å²) in [5.41, 5.74) is 0.0411. The standard InChI is InChI=1S/C19H30O3/c1-18-8-7-12(20)9-11(18)3-4-13-14-5-6-16(22)19(14,2)10-15(21)17(13)18/h11,13-17,21-22H,3-10H2,1-2H3/t11-,13+,14+,15+,16+,17-,18-,19-/m0/s1. The molecular weight excluding hydrogens is 276 g/mol. The van der Waals surface area contributed by atoms with Crippen LogP contribution in [0.1, 0.15) is 65.2 Å². The monoisotopic (exact) mass is 306 g/mol. The van der Waals surface area contributed by atoms with Gasteiger partial charge in [0.25, 0.3) is 0 Å². The second-order valence-electron chi connectivity index (χ2n) is 9.19. The number of ketones is 1. The van der Waals surface area contributed by atoms with E-state index in [-0.39, 0.29) is 23.0 Å². The molecule has 0 aliphatic heterocycles.